The first-order valence-electron chi connectivity index (χ1n) is 5.38. The monoisotopic (exact) mass is 232 g/mol. The van der Waals surface area contributed by atoms with Crippen LogP contribution in [0.1, 0.15) is 19.3 Å². The number of hydrogen-bond donors (Lipinski definition) is 2. The molecule has 88 valence electrons. The highest BCUT2D eigenvalue weighted by atomic mass is 32.2. The van der Waals surface area contributed by atoms with E-state index in [1.54, 1.807) is 11.8 Å². The first-order valence-corrected chi connectivity index (χ1v) is 6.77. The van der Waals surface area contributed by atoms with Crippen LogP contribution in [0.25, 0.3) is 0 Å². The molecule has 3 N–H and O–H groups in total. The van der Waals surface area contributed by atoms with Crippen molar-refractivity contribution in [2.24, 2.45) is 5.73 Å². The van der Waals surface area contributed by atoms with E-state index in [0.29, 0.717) is 6.54 Å². The normalized spacial score (nSPS) is 22.7. The molecular weight excluding hydrogens is 212 g/mol. The van der Waals surface area contributed by atoms with Crippen molar-refractivity contribution >= 4 is 17.7 Å². The lowest BCUT2D eigenvalue weighted by molar-refractivity contribution is -0.122. The van der Waals surface area contributed by atoms with Gasteiger partial charge in [0.1, 0.15) is 0 Å². The smallest absolute Gasteiger partial charge is 0.237 e. The zero-order chi connectivity index (χ0) is 11.1. The Hall–Kier alpha value is -0.260. The molecule has 1 heterocycles. The lowest BCUT2D eigenvalue weighted by Crippen LogP contribution is -2.43. The number of nitrogens with one attached hydrogen (secondary N) is 1. The minimum atomic E-state index is -0.376. The van der Waals surface area contributed by atoms with Crippen LogP contribution < -0.4 is 11.1 Å². The molecule has 2 atom stereocenters. The third-order valence-electron chi connectivity index (χ3n) is 2.50. The summed E-state index contributed by atoms with van der Waals surface area (Å²) in [5.74, 6) is 0.869. The number of rotatable bonds is 6. The molecule has 1 aliphatic heterocycles. The van der Waals surface area contributed by atoms with Gasteiger partial charge in [0.2, 0.25) is 5.91 Å². The Labute approximate surface area is 95.3 Å². The highest BCUT2D eigenvalue weighted by Crippen LogP contribution is 2.10. The summed E-state index contributed by atoms with van der Waals surface area (Å²) in [6.07, 6.45) is 5.08. The van der Waals surface area contributed by atoms with Crippen molar-refractivity contribution in [3.63, 3.8) is 0 Å². The van der Waals surface area contributed by atoms with Gasteiger partial charge in [0.15, 0.2) is 0 Å². The molecule has 0 aromatic rings. The number of nitrogens with two attached hydrogens (primary N) is 1. The fourth-order valence-electron chi connectivity index (χ4n) is 1.53. The molecule has 0 aliphatic carbocycles. The molecule has 0 bridgehead atoms. The van der Waals surface area contributed by atoms with E-state index in [1.165, 1.54) is 0 Å². The Morgan fingerprint density at radius 1 is 1.73 bits per heavy atom. The first kappa shape index (κ1) is 12.8. The van der Waals surface area contributed by atoms with Crippen LogP contribution in [0.2, 0.25) is 0 Å². The van der Waals surface area contributed by atoms with E-state index in [2.05, 4.69) is 5.32 Å². The molecule has 1 amide bonds. The van der Waals surface area contributed by atoms with E-state index < -0.39 is 0 Å². The zero-order valence-corrected chi connectivity index (χ0v) is 10.0. The molecule has 0 unspecified atom stereocenters. The van der Waals surface area contributed by atoms with Gasteiger partial charge in [0.05, 0.1) is 12.1 Å². The SMILES string of the molecule is CSCC[C@H](N)C(=O)NC[C@H]1CCCO1. The Morgan fingerprint density at radius 2 is 2.53 bits per heavy atom. The quantitative estimate of drug-likeness (QED) is 0.694. The average molecular weight is 232 g/mol. The van der Waals surface area contributed by atoms with Gasteiger partial charge in [-0.25, -0.2) is 0 Å². The number of amides is 1. The van der Waals surface area contributed by atoms with E-state index in [9.17, 15) is 4.79 Å². The lowest BCUT2D eigenvalue weighted by atomic mass is 10.2. The topological polar surface area (TPSA) is 64.4 Å². The van der Waals surface area contributed by atoms with Crippen LogP contribution in [0.15, 0.2) is 0 Å². The highest BCUT2D eigenvalue weighted by Gasteiger charge is 2.18. The Bertz CT molecular complexity index is 196. The van der Waals surface area contributed by atoms with E-state index >= 15 is 0 Å². The minimum absolute atomic E-state index is 0.0560. The van der Waals surface area contributed by atoms with Gasteiger partial charge in [-0.1, -0.05) is 0 Å². The van der Waals surface area contributed by atoms with E-state index in [0.717, 1.165) is 31.6 Å². The molecule has 0 aromatic carbocycles. The van der Waals surface area contributed by atoms with Crippen LogP contribution >= 0.6 is 11.8 Å². The second-order valence-corrected chi connectivity index (χ2v) is 4.75. The molecule has 1 fully saturated rings. The lowest BCUT2D eigenvalue weighted by Gasteiger charge is -2.14. The molecule has 15 heavy (non-hydrogen) atoms. The summed E-state index contributed by atoms with van der Waals surface area (Å²) >= 11 is 1.71. The summed E-state index contributed by atoms with van der Waals surface area (Å²) in [5, 5.41) is 2.84. The standard InChI is InChI=1S/C10H20N2O2S/c1-15-6-4-9(11)10(13)12-7-8-3-2-5-14-8/h8-9H,2-7,11H2,1H3,(H,12,13)/t8-,9+/m1/s1. The minimum Gasteiger partial charge on any atom is -0.376 e. The predicted molar refractivity (Wildman–Crippen MR) is 63.0 cm³/mol. The van der Waals surface area contributed by atoms with Crippen molar-refractivity contribution in [1.82, 2.24) is 5.32 Å². The van der Waals surface area contributed by atoms with E-state index in [1.807, 2.05) is 6.26 Å². The maximum absolute atomic E-state index is 11.5. The molecule has 0 aromatic heterocycles. The Morgan fingerprint density at radius 3 is 3.13 bits per heavy atom. The summed E-state index contributed by atoms with van der Waals surface area (Å²) in [6, 6.07) is -0.376. The molecule has 5 heteroatoms. The van der Waals surface area contributed by atoms with Gasteiger partial charge in [-0.3, -0.25) is 4.79 Å². The van der Waals surface area contributed by atoms with Crippen LogP contribution in [0, 0.1) is 0 Å². The average Bonchev–Trinajstić information content (AvgIpc) is 2.75. The van der Waals surface area contributed by atoms with E-state index in [-0.39, 0.29) is 18.1 Å². The van der Waals surface area contributed by atoms with Gasteiger partial charge in [-0.05, 0) is 31.3 Å². The van der Waals surface area contributed by atoms with Gasteiger partial charge in [0.25, 0.3) is 0 Å². The predicted octanol–water partition coefficient (Wildman–Crippen LogP) is 0.362. The summed E-state index contributed by atoms with van der Waals surface area (Å²) in [4.78, 5) is 11.5. The molecule has 0 radical (unpaired) electrons. The summed E-state index contributed by atoms with van der Waals surface area (Å²) in [6.45, 7) is 1.42. The maximum Gasteiger partial charge on any atom is 0.237 e. The second kappa shape index (κ2) is 7.09. The fraction of sp³-hybridized carbons (Fsp3) is 0.900. The zero-order valence-electron chi connectivity index (χ0n) is 9.20. The van der Waals surface area contributed by atoms with Crippen LogP contribution in [0.4, 0.5) is 0 Å². The Balaban J connectivity index is 2.11. The van der Waals surface area contributed by atoms with Crippen molar-refractivity contribution in [1.29, 1.82) is 0 Å². The van der Waals surface area contributed by atoms with Crippen molar-refractivity contribution in [3.8, 4) is 0 Å². The molecule has 0 spiro atoms. The van der Waals surface area contributed by atoms with Crippen molar-refractivity contribution in [2.75, 3.05) is 25.2 Å². The number of thioether (sulfide) groups is 1. The number of hydrogen-bond acceptors (Lipinski definition) is 4. The molecule has 1 rings (SSSR count). The third kappa shape index (κ3) is 4.86. The van der Waals surface area contributed by atoms with Gasteiger partial charge in [-0.15, -0.1) is 0 Å². The van der Waals surface area contributed by atoms with Gasteiger partial charge in [-0.2, -0.15) is 11.8 Å². The molecular formula is C10H20N2O2S. The molecule has 1 saturated heterocycles. The number of carbonyl (C=O) groups is 1. The van der Waals surface area contributed by atoms with Crippen LogP contribution in [-0.2, 0) is 9.53 Å². The largest absolute Gasteiger partial charge is 0.376 e. The highest BCUT2D eigenvalue weighted by molar-refractivity contribution is 7.98. The van der Waals surface area contributed by atoms with Gasteiger partial charge in [0, 0.05) is 13.2 Å². The summed E-state index contributed by atoms with van der Waals surface area (Å²) in [5.41, 5.74) is 5.72. The number of carbonyl (C=O) groups excluding carboxylic acids is 1. The van der Waals surface area contributed by atoms with Gasteiger partial charge < -0.3 is 15.8 Å². The van der Waals surface area contributed by atoms with Crippen molar-refractivity contribution in [2.45, 2.75) is 31.4 Å². The summed E-state index contributed by atoms with van der Waals surface area (Å²) < 4.78 is 5.40. The van der Waals surface area contributed by atoms with Crippen LogP contribution in [-0.4, -0.2) is 43.2 Å². The third-order valence-corrected chi connectivity index (χ3v) is 3.14. The molecule has 0 saturated carbocycles. The van der Waals surface area contributed by atoms with Crippen LogP contribution in [0.3, 0.4) is 0 Å². The summed E-state index contributed by atoms with van der Waals surface area (Å²) in [7, 11) is 0. The maximum atomic E-state index is 11.5. The number of ether oxygens (including phenoxy) is 1. The molecule has 4 nitrogen and oxygen atoms in total. The van der Waals surface area contributed by atoms with Crippen molar-refractivity contribution < 1.29 is 9.53 Å². The fourth-order valence-corrected chi connectivity index (χ4v) is 2.02. The van der Waals surface area contributed by atoms with Gasteiger partial charge >= 0.3 is 0 Å². The second-order valence-electron chi connectivity index (χ2n) is 3.77. The van der Waals surface area contributed by atoms with E-state index in [4.69, 9.17) is 10.5 Å². The van der Waals surface area contributed by atoms with Crippen LogP contribution in [0.5, 0.6) is 0 Å². The molecule has 1 aliphatic rings. The van der Waals surface area contributed by atoms with Crippen molar-refractivity contribution in [3.05, 3.63) is 0 Å². The Kier molecular flexibility index (Phi) is 6.05. The first-order chi connectivity index (χ1) is 7.24.